The van der Waals surface area contributed by atoms with Crippen molar-refractivity contribution in [2.24, 2.45) is 0 Å². The molecule has 3 N–H and O–H groups in total. The van der Waals surface area contributed by atoms with E-state index in [0.717, 1.165) is 11.1 Å². The molecule has 22 heavy (non-hydrogen) atoms. The SMILES string of the molecule is Nc1ccc(C(=O)NC2CCOC2=O)c(-c2ccccc2)c1. The molecule has 1 unspecified atom stereocenters. The smallest absolute Gasteiger partial charge is 0.328 e. The van der Waals surface area contributed by atoms with Crippen LogP contribution in [0.3, 0.4) is 0 Å². The number of nitrogen functional groups attached to an aromatic ring is 1. The van der Waals surface area contributed by atoms with Gasteiger partial charge in [0.1, 0.15) is 6.04 Å². The van der Waals surface area contributed by atoms with Crippen LogP contribution in [0.5, 0.6) is 0 Å². The maximum atomic E-state index is 12.5. The van der Waals surface area contributed by atoms with Crippen molar-refractivity contribution >= 4 is 17.6 Å². The lowest BCUT2D eigenvalue weighted by Gasteiger charge is -2.13. The number of nitrogens with one attached hydrogen (secondary N) is 1. The maximum Gasteiger partial charge on any atom is 0.328 e. The van der Waals surface area contributed by atoms with E-state index in [1.165, 1.54) is 0 Å². The van der Waals surface area contributed by atoms with E-state index in [9.17, 15) is 9.59 Å². The Balaban J connectivity index is 1.93. The summed E-state index contributed by atoms with van der Waals surface area (Å²) < 4.78 is 4.86. The molecule has 1 amide bonds. The Hall–Kier alpha value is -2.82. The second kappa shape index (κ2) is 5.89. The highest BCUT2D eigenvalue weighted by Crippen LogP contribution is 2.26. The molecule has 112 valence electrons. The number of hydrogen-bond donors (Lipinski definition) is 2. The van der Waals surface area contributed by atoms with Gasteiger partial charge in [-0.2, -0.15) is 0 Å². The van der Waals surface area contributed by atoms with Crippen molar-refractivity contribution in [1.82, 2.24) is 5.32 Å². The normalized spacial score (nSPS) is 17.1. The number of ether oxygens (including phenoxy) is 1. The fourth-order valence-electron chi connectivity index (χ4n) is 2.48. The predicted molar refractivity (Wildman–Crippen MR) is 83.1 cm³/mol. The van der Waals surface area contributed by atoms with E-state index >= 15 is 0 Å². The molecule has 0 spiro atoms. The Morgan fingerprint density at radius 2 is 1.95 bits per heavy atom. The largest absolute Gasteiger partial charge is 0.464 e. The number of benzene rings is 2. The van der Waals surface area contributed by atoms with Gasteiger partial charge in [-0.05, 0) is 29.3 Å². The first-order chi connectivity index (χ1) is 10.6. The third-order valence-corrected chi connectivity index (χ3v) is 3.61. The van der Waals surface area contributed by atoms with E-state index in [1.807, 2.05) is 30.3 Å². The van der Waals surface area contributed by atoms with Gasteiger partial charge in [0.2, 0.25) is 0 Å². The predicted octanol–water partition coefficient (Wildman–Crippen LogP) is 1.98. The van der Waals surface area contributed by atoms with Crippen LogP contribution in [0.25, 0.3) is 11.1 Å². The zero-order valence-corrected chi connectivity index (χ0v) is 11.9. The van der Waals surface area contributed by atoms with Gasteiger partial charge in [-0.15, -0.1) is 0 Å². The number of rotatable bonds is 3. The lowest BCUT2D eigenvalue weighted by Crippen LogP contribution is -2.38. The second-order valence-electron chi connectivity index (χ2n) is 5.15. The van der Waals surface area contributed by atoms with Gasteiger partial charge in [-0.25, -0.2) is 4.79 Å². The first-order valence-corrected chi connectivity index (χ1v) is 7.07. The van der Waals surface area contributed by atoms with Gasteiger partial charge in [-0.1, -0.05) is 30.3 Å². The molecule has 0 saturated carbocycles. The summed E-state index contributed by atoms with van der Waals surface area (Å²) in [5, 5.41) is 2.72. The third-order valence-electron chi connectivity index (χ3n) is 3.61. The molecule has 1 saturated heterocycles. The summed E-state index contributed by atoms with van der Waals surface area (Å²) in [6, 6.07) is 14.1. The highest BCUT2D eigenvalue weighted by Gasteiger charge is 2.28. The van der Waals surface area contributed by atoms with E-state index in [0.29, 0.717) is 24.3 Å². The van der Waals surface area contributed by atoms with Crippen molar-refractivity contribution in [2.75, 3.05) is 12.3 Å². The minimum absolute atomic E-state index is 0.303. The molecular weight excluding hydrogens is 280 g/mol. The van der Waals surface area contributed by atoms with Crippen LogP contribution < -0.4 is 11.1 Å². The molecule has 3 rings (SSSR count). The van der Waals surface area contributed by atoms with Crippen molar-refractivity contribution in [2.45, 2.75) is 12.5 Å². The van der Waals surface area contributed by atoms with Crippen molar-refractivity contribution < 1.29 is 14.3 Å². The fourth-order valence-corrected chi connectivity index (χ4v) is 2.48. The van der Waals surface area contributed by atoms with Gasteiger partial charge in [0, 0.05) is 17.7 Å². The molecule has 0 aromatic heterocycles. The molecule has 2 aromatic rings. The molecule has 2 aromatic carbocycles. The molecule has 0 aliphatic carbocycles. The number of cyclic esters (lactones) is 1. The van der Waals surface area contributed by atoms with Gasteiger partial charge in [-0.3, -0.25) is 4.79 Å². The number of carbonyl (C=O) groups excluding carboxylic acids is 2. The van der Waals surface area contributed by atoms with Crippen LogP contribution >= 0.6 is 0 Å². The van der Waals surface area contributed by atoms with Gasteiger partial charge in [0.15, 0.2) is 0 Å². The zero-order chi connectivity index (χ0) is 15.5. The summed E-state index contributed by atoms with van der Waals surface area (Å²) in [6.45, 7) is 0.344. The van der Waals surface area contributed by atoms with E-state index < -0.39 is 6.04 Å². The lowest BCUT2D eigenvalue weighted by molar-refractivity contribution is -0.139. The molecule has 1 atom stereocenters. The summed E-state index contributed by atoms with van der Waals surface area (Å²) in [5.74, 6) is -0.687. The standard InChI is InChI=1S/C17H16N2O3/c18-12-6-7-13(14(10-12)11-4-2-1-3-5-11)16(20)19-15-8-9-22-17(15)21/h1-7,10,15H,8-9,18H2,(H,19,20). The van der Waals surface area contributed by atoms with Gasteiger partial charge < -0.3 is 15.8 Å². The highest BCUT2D eigenvalue weighted by molar-refractivity contribution is 6.03. The average Bonchev–Trinajstić information content (AvgIpc) is 2.93. The van der Waals surface area contributed by atoms with Crippen molar-refractivity contribution in [1.29, 1.82) is 0 Å². The van der Waals surface area contributed by atoms with Crippen LogP contribution in [0.15, 0.2) is 48.5 Å². The van der Waals surface area contributed by atoms with Crippen LogP contribution in [0.1, 0.15) is 16.8 Å². The van der Waals surface area contributed by atoms with E-state index in [1.54, 1.807) is 18.2 Å². The van der Waals surface area contributed by atoms with Crippen LogP contribution in [0.2, 0.25) is 0 Å². The molecule has 1 heterocycles. The first kappa shape index (κ1) is 14.1. The summed E-state index contributed by atoms with van der Waals surface area (Å²) in [5.41, 5.74) is 8.55. The van der Waals surface area contributed by atoms with Crippen molar-refractivity contribution in [3.05, 3.63) is 54.1 Å². The van der Waals surface area contributed by atoms with Crippen molar-refractivity contribution in [3.63, 3.8) is 0 Å². The minimum Gasteiger partial charge on any atom is -0.464 e. The van der Waals surface area contributed by atoms with Crippen LogP contribution in [-0.4, -0.2) is 24.5 Å². The van der Waals surface area contributed by atoms with Gasteiger partial charge in [0.25, 0.3) is 5.91 Å². The summed E-state index contributed by atoms with van der Waals surface area (Å²) in [6.07, 6.45) is 0.500. The van der Waals surface area contributed by atoms with Crippen molar-refractivity contribution in [3.8, 4) is 11.1 Å². The molecule has 1 aliphatic rings. The molecule has 5 nitrogen and oxygen atoms in total. The first-order valence-electron chi connectivity index (χ1n) is 7.07. The second-order valence-corrected chi connectivity index (χ2v) is 5.15. The minimum atomic E-state index is -0.575. The quantitative estimate of drug-likeness (QED) is 0.670. The Kier molecular flexibility index (Phi) is 3.78. The zero-order valence-electron chi connectivity index (χ0n) is 11.9. The molecule has 0 radical (unpaired) electrons. The van der Waals surface area contributed by atoms with Crippen LogP contribution in [0, 0.1) is 0 Å². The Bertz CT molecular complexity index is 713. The molecule has 1 fully saturated rings. The van der Waals surface area contributed by atoms with E-state index in [4.69, 9.17) is 10.5 Å². The number of hydrogen-bond acceptors (Lipinski definition) is 4. The molecular formula is C17H16N2O3. The van der Waals surface area contributed by atoms with E-state index in [-0.39, 0.29) is 11.9 Å². The maximum absolute atomic E-state index is 12.5. The summed E-state index contributed by atoms with van der Waals surface area (Å²) >= 11 is 0. The van der Waals surface area contributed by atoms with Gasteiger partial charge >= 0.3 is 5.97 Å². The Morgan fingerprint density at radius 1 is 1.18 bits per heavy atom. The molecule has 5 heteroatoms. The van der Waals surface area contributed by atoms with Gasteiger partial charge in [0.05, 0.1) is 6.61 Å². The summed E-state index contributed by atoms with van der Waals surface area (Å²) in [7, 11) is 0. The topological polar surface area (TPSA) is 81.4 Å². The summed E-state index contributed by atoms with van der Waals surface area (Å²) in [4.78, 5) is 24.0. The van der Waals surface area contributed by atoms with Crippen LogP contribution in [0.4, 0.5) is 5.69 Å². The monoisotopic (exact) mass is 296 g/mol. The van der Waals surface area contributed by atoms with E-state index in [2.05, 4.69) is 5.32 Å². The number of esters is 1. The number of anilines is 1. The third kappa shape index (κ3) is 2.79. The number of amides is 1. The number of carbonyl (C=O) groups is 2. The van der Waals surface area contributed by atoms with Crippen LogP contribution in [-0.2, 0) is 9.53 Å². The fraction of sp³-hybridized carbons (Fsp3) is 0.176. The Labute approximate surface area is 128 Å². The Morgan fingerprint density at radius 3 is 2.64 bits per heavy atom. The molecule has 0 bridgehead atoms. The lowest BCUT2D eigenvalue weighted by atomic mass is 9.98. The molecule has 1 aliphatic heterocycles. The average molecular weight is 296 g/mol. The number of nitrogens with two attached hydrogens (primary N) is 1. The highest BCUT2D eigenvalue weighted by atomic mass is 16.5.